The van der Waals surface area contributed by atoms with Gasteiger partial charge in [0.15, 0.2) is 5.65 Å². The lowest BCUT2D eigenvalue weighted by atomic mass is 10.3. The maximum atomic E-state index is 12.2. The third-order valence-corrected chi connectivity index (χ3v) is 3.62. The summed E-state index contributed by atoms with van der Waals surface area (Å²) >= 11 is 0. The van der Waals surface area contributed by atoms with Crippen LogP contribution in [0.25, 0.3) is 5.65 Å². The lowest BCUT2D eigenvalue weighted by Crippen LogP contribution is -2.27. The summed E-state index contributed by atoms with van der Waals surface area (Å²) in [5.41, 5.74) is 1.08. The highest BCUT2D eigenvalue weighted by Gasteiger charge is 2.17. The fraction of sp³-hybridized carbons (Fsp3) is 0.500. The van der Waals surface area contributed by atoms with Crippen molar-refractivity contribution in [3.8, 4) is 0 Å². The molecule has 0 spiro atoms. The molecule has 0 unspecified atom stereocenters. The fourth-order valence-electron chi connectivity index (χ4n) is 2.50. The largest absolute Gasteiger partial charge is 0.383 e. The van der Waals surface area contributed by atoms with Gasteiger partial charge in [-0.3, -0.25) is 4.79 Å². The van der Waals surface area contributed by atoms with Crippen LogP contribution in [0, 0.1) is 0 Å². The van der Waals surface area contributed by atoms with E-state index in [0.29, 0.717) is 24.4 Å². The molecule has 1 aliphatic rings. The Balaban J connectivity index is 1.85. The molecule has 1 aliphatic heterocycles. The Kier molecular flexibility index (Phi) is 4.01. The van der Waals surface area contributed by atoms with E-state index in [1.54, 1.807) is 17.8 Å². The van der Waals surface area contributed by atoms with E-state index in [1.165, 1.54) is 12.8 Å². The second-order valence-electron chi connectivity index (χ2n) is 5.06. The van der Waals surface area contributed by atoms with E-state index >= 15 is 0 Å². The maximum Gasteiger partial charge on any atom is 0.256 e. The third-order valence-electron chi connectivity index (χ3n) is 3.62. The molecule has 112 valence electrons. The molecule has 0 atom stereocenters. The number of fused-ring (bicyclic) bond motifs is 1. The number of amides is 1. The topological polar surface area (TPSA) is 71.8 Å². The first-order chi connectivity index (χ1) is 10.3. The van der Waals surface area contributed by atoms with Crippen molar-refractivity contribution in [1.82, 2.24) is 19.9 Å². The predicted octanol–water partition coefficient (Wildman–Crippen LogP) is 0.706. The number of nitrogens with one attached hydrogen (secondary N) is 1. The maximum absolute atomic E-state index is 12.2. The van der Waals surface area contributed by atoms with Gasteiger partial charge in [0.25, 0.3) is 5.91 Å². The van der Waals surface area contributed by atoms with Gasteiger partial charge < -0.3 is 15.0 Å². The summed E-state index contributed by atoms with van der Waals surface area (Å²) in [5, 5.41) is 6.98. The van der Waals surface area contributed by atoms with Crippen LogP contribution in [0.2, 0.25) is 0 Å². The zero-order valence-corrected chi connectivity index (χ0v) is 12.1. The van der Waals surface area contributed by atoms with Gasteiger partial charge in [-0.2, -0.15) is 5.10 Å². The minimum absolute atomic E-state index is 0.173. The predicted molar refractivity (Wildman–Crippen MR) is 78.6 cm³/mol. The first-order valence-corrected chi connectivity index (χ1v) is 7.16. The van der Waals surface area contributed by atoms with E-state index in [9.17, 15) is 4.79 Å². The SMILES string of the molecule is COCCNC(=O)c1cnn2ccc(N3CCCC3)nc12. The number of rotatable bonds is 5. The number of nitrogens with zero attached hydrogens (tertiary/aromatic N) is 4. The third kappa shape index (κ3) is 2.82. The van der Waals surface area contributed by atoms with Crippen molar-refractivity contribution in [2.75, 3.05) is 38.3 Å². The molecule has 3 rings (SSSR count). The highest BCUT2D eigenvalue weighted by Crippen LogP contribution is 2.19. The molecule has 1 fully saturated rings. The number of hydrogen-bond donors (Lipinski definition) is 1. The average Bonchev–Trinajstić information content (AvgIpc) is 3.16. The van der Waals surface area contributed by atoms with Gasteiger partial charge in [-0.05, 0) is 18.9 Å². The molecule has 0 radical (unpaired) electrons. The quantitative estimate of drug-likeness (QED) is 0.821. The van der Waals surface area contributed by atoms with E-state index in [4.69, 9.17) is 4.74 Å². The molecular formula is C14H19N5O2. The van der Waals surface area contributed by atoms with Gasteiger partial charge in [0.05, 0.1) is 12.8 Å². The van der Waals surface area contributed by atoms with Gasteiger partial charge in [-0.15, -0.1) is 0 Å². The van der Waals surface area contributed by atoms with E-state index in [1.807, 2.05) is 12.3 Å². The number of anilines is 1. The normalized spacial score (nSPS) is 14.8. The number of hydrogen-bond acceptors (Lipinski definition) is 5. The van der Waals surface area contributed by atoms with Crippen molar-refractivity contribution in [1.29, 1.82) is 0 Å². The summed E-state index contributed by atoms with van der Waals surface area (Å²) in [6.07, 6.45) is 5.78. The van der Waals surface area contributed by atoms with Crippen LogP contribution in [-0.2, 0) is 4.74 Å². The van der Waals surface area contributed by atoms with Crippen molar-refractivity contribution >= 4 is 17.4 Å². The molecule has 7 nitrogen and oxygen atoms in total. The smallest absolute Gasteiger partial charge is 0.256 e. The van der Waals surface area contributed by atoms with Gasteiger partial charge in [0.1, 0.15) is 11.4 Å². The number of carbonyl (C=O) groups is 1. The standard InChI is InChI=1S/C14H19N5O2/c1-21-9-5-15-14(20)11-10-16-19-8-4-12(17-13(11)19)18-6-2-3-7-18/h4,8,10H,2-3,5-7,9H2,1H3,(H,15,20). The Morgan fingerprint density at radius 1 is 1.43 bits per heavy atom. The van der Waals surface area contributed by atoms with E-state index in [-0.39, 0.29) is 5.91 Å². The summed E-state index contributed by atoms with van der Waals surface area (Å²) in [4.78, 5) is 19.0. The van der Waals surface area contributed by atoms with Gasteiger partial charge in [0, 0.05) is 32.9 Å². The zero-order valence-electron chi connectivity index (χ0n) is 12.1. The highest BCUT2D eigenvalue weighted by molar-refractivity contribution is 5.99. The first kappa shape index (κ1) is 13.8. The fourth-order valence-corrected chi connectivity index (χ4v) is 2.50. The molecule has 1 saturated heterocycles. The van der Waals surface area contributed by atoms with Gasteiger partial charge in [-0.1, -0.05) is 0 Å². The van der Waals surface area contributed by atoms with Crippen LogP contribution in [-0.4, -0.2) is 53.9 Å². The average molecular weight is 289 g/mol. The lowest BCUT2D eigenvalue weighted by molar-refractivity contribution is 0.0938. The molecule has 2 aromatic heterocycles. The van der Waals surface area contributed by atoms with Crippen molar-refractivity contribution < 1.29 is 9.53 Å². The van der Waals surface area contributed by atoms with E-state index < -0.39 is 0 Å². The Morgan fingerprint density at radius 2 is 2.24 bits per heavy atom. The van der Waals surface area contributed by atoms with Crippen LogP contribution in [0.4, 0.5) is 5.82 Å². The molecule has 0 aliphatic carbocycles. The van der Waals surface area contributed by atoms with Crippen molar-refractivity contribution in [3.63, 3.8) is 0 Å². The Hall–Kier alpha value is -2.15. The molecule has 2 aromatic rings. The molecule has 0 aromatic carbocycles. The molecular weight excluding hydrogens is 270 g/mol. The van der Waals surface area contributed by atoms with Crippen LogP contribution in [0.3, 0.4) is 0 Å². The summed E-state index contributed by atoms with van der Waals surface area (Å²) in [6, 6.07) is 1.94. The molecule has 1 amide bonds. The highest BCUT2D eigenvalue weighted by atomic mass is 16.5. The summed E-state index contributed by atoms with van der Waals surface area (Å²) in [6.45, 7) is 3.00. The molecule has 21 heavy (non-hydrogen) atoms. The number of methoxy groups -OCH3 is 1. The van der Waals surface area contributed by atoms with Crippen molar-refractivity contribution in [2.45, 2.75) is 12.8 Å². The van der Waals surface area contributed by atoms with Gasteiger partial charge in [-0.25, -0.2) is 9.50 Å². The summed E-state index contributed by atoms with van der Waals surface area (Å²) in [7, 11) is 1.60. The van der Waals surface area contributed by atoms with Crippen molar-refractivity contribution in [2.24, 2.45) is 0 Å². The van der Waals surface area contributed by atoms with Crippen molar-refractivity contribution in [3.05, 3.63) is 24.0 Å². The van der Waals surface area contributed by atoms with Crippen LogP contribution in [0.5, 0.6) is 0 Å². The monoisotopic (exact) mass is 289 g/mol. The second-order valence-corrected chi connectivity index (χ2v) is 5.06. The molecule has 3 heterocycles. The lowest BCUT2D eigenvalue weighted by Gasteiger charge is -2.16. The number of carbonyl (C=O) groups excluding carboxylic acids is 1. The second kappa shape index (κ2) is 6.09. The minimum atomic E-state index is -0.173. The first-order valence-electron chi connectivity index (χ1n) is 7.16. The zero-order chi connectivity index (χ0) is 14.7. The van der Waals surface area contributed by atoms with E-state index in [2.05, 4.69) is 20.3 Å². The van der Waals surface area contributed by atoms with E-state index in [0.717, 1.165) is 18.9 Å². The van der Waals surface area contributed by atoms with Crippen LogP contribution >= 0.6 is 0 Å². The Morgan fingerprint density at radius 3 is 3.00 bits per heavy atom. The van der Waals surface area contributed by atoms with Crippen LogP contribution < -0.4 is 10.2 Å². The molecule has 1 N–H and O–H groups in total. The molecule has 0 bridgehead atoms. The Bertz CT molecular complexity index is 633. The molecule has 7 heteroatoms. The number of ether oxygens (including phenoxy) is 1. The summed E-state index contributed by atoms with van der Waals surface area (Å²) in [5.74, 6) is 0.736. The van der Waals surface area contributed by atoms with Crippen LogP contribution in [0.1, 0.15) is 23.2 Å². The van der Waals surface area contributed by atoms with Gasteiger partial charge >= 0.3 is 0 Å². The minimum Gasteiger partial charge on any atom is -0.383 e. The van der Waals surface area contributed by atoms with Gasteiger partial charge in [0.2, 0.25) is 0 Å². The molecule has 0 saturated carbocycles. The number of aromatic nitrogens is 3. The summed E-state index contributed by atoms with van der Waals surface area (Å²) < 4.78 is 6.56. The van der Waals surface area contributed by atoms with Crippen LogP contribution in [0.15, 0.2) is 18.5 Å². The Labute approximate surface area is 122 Å².